The van der Waals surface area contributed by atoms with Crippen molar-refractivity contribution in [1.82, 2.24) is 10.3 Å². The number of aryl methyl sites for hydroxylation is 1. The molecule has 0 bridgehead atoms. The fraction of sp³-hybridized carbons (Fsp3) is 0.429. The van der Waals surface area contributed by atoms with Crippen LogP contribution in [0.1, 0.15) is 22.1 Å². The van der Waals surface area contributed by atoms with Crippen LogP contribution in [0.3, 0.4) is 0 Å². The van der Waals surface area contributed by atoms with E-state index in [-0.39, 0.29) is 5.76 Å². The van der Waals surface area contributed by atoms with Gasteiger partial charge in [0.1, 0.15) is 0 Å². The van der Waals surface area contributed by atoms with Crippen LogP contribution in [-0.4, -0.2) is 23.1 Å². The molecular weight excluding hydrogens is 160 g/mol. The van der Waals surface area contributed by atoms with Gasteiger partial charge < -0.3 is 14.8 Å². The van der Waals surface area contributed by atoms with Crippen molar-refractivity contribution >= 4 is 5.97 Å². The number of aromatic carboxylic acids is 1. The Morgan fingerprint density at radius 3 is 2.83 bits per heavy atom. The summed E-state index contributed by atoms with van der Waals surface area (Å²) >= 11 is 0. The molecule has 1 rings (SSSR count). The summed E-state index contributed by atoms with van der Waals surface area (Å²) in [6.07, 6.45) is 0. The monoisotopic (exact) mass is 170 g/mol. The molecule has 0 radical (unpaired) electrons. The number of rotatable bonds is 3. The average Bonchev–Trinajstić information content (AvgIpc) is 2.32. The quantitative estimate of drug-likeness (QED) is 0.686. The Bertz CT molecular complexity index is 293. The zero-order chi connectivity index (χ0) is 9.14. The van der Waals surface area contributed by atoms with Gasteiger partial charge in [-0.2, -0.15) is 0 Å². The van der Waals surface area contributed by atoms with Crippen LogP contribution in [0.4, 0.5) is 0 Å². The van der Waals surface area contributed by atoms with Crippen LogP contribution in [-0.2, 0) is 6.54 Å². The van der Waals surface area contributed by atoms with Gasteiger partial charge >= 0.3 is 5.97 Å². The first-order valence-electron chi connectivity index (χ1n) is 3.49. The van der Waals surface area contributed by atoms with E-state index in [4.69, 9.17) is 9.52 Å². The second kappa shape index (κ2) is 3.36. The van der Waals surface area contributed by atoms with Crippen molar-refractivity contribution in [2.45, 2.75) is 13.5 Å². The second-order valence-electron chi connectivity index (χ2n) is 2.36. The number of hydrogen-bond acceptors (Lipinski definition) is 4. The number of nitrogens with zero attached hydrogens (tertiary/aromatic N) is 1. The minimum atomic E-state index is -1.08. The summed E-state index contributed by atoms with van der Waals surface area (Å²) in [6.45, 7) is 2.04. The lowest BCUT2D eigenvalue weighted by Crippen LogP contribution is -2.04. The predicted molar refractivity (Wildman–Crippen MR) is 41.0 cm³/mol. The minimum Gasteiger partial charge on any atom is -0.475 e. The van der Waals surface area contributed by atoms with Gasteiger partial charge in [0.15, 0.2) is 0 Å². The van der Waals surface area contributed by atoms with Gasteiger partial charge in [0.05, 0.1) is 12.2 Å². The Hall–Kier alpha value is -1.36. The van der Waals surface area contributed by atoms with Crippen molar-refractivity contribution in [3.05, 3.63) is 17.3 Å². The number of hydrogen-bond donors (Lipinski definition) is 2. The Morgan fingerprint density at radius 1 is 1.75 bits per heavy atom. The maximum Gasteiger partial charge on any atom is 0.373 e. The zero-order valence-corrected chi connectivity index (χ0v) is 6.92. The Morgan fingerprint density at radius 2 is 2.42 bits per heavy atom. The summed E-state index contributed by atoms with van der Waals surface area (Å²) in [5.74, 6) is -0.769. The highest BCUT2D eigenvalue weighted by molar-refractivity contribution is 5.85. The average molecular weight is 170 g/mol. The summed E-state index contributed by atoms with van der Waals surface area (Å²) in [6, 6.07) is 0. The van der Waals surface area contributed by atoms with Crippen LogP contribution in [0.15, 0.2) is 4.42 Å². The first-order chi connectivity index (χ1) is 5.65. The van der Waals surface area contributed by atoms with Crippen molar-refractivity contribution in [2.75, 3.05) is 7.05 Å². The molecule has 0 aliphatic rings. The van der Waals surface area contributed by atoms with E-state index in [1.54, 1.807) is 14.0 Å². The molecule has 1 aromatic heterocycles. The number of carbonyl (C=O) groups is 1. The molecule has 0 aliphatic carbocycles. The Labute approximate surface area is 69.4 Å². The summed E-state index contributed by atoms with van der Waals surface area (Å²) in [7, 11) is 1.74. The van der Waals surface area contributed by atoms with E-state index >= 15 is 0 Å². The summed E-state index contributed by atoms with van der Waals surface area (Å²) < 4.78 is 4.94. The third kappa shape index (κ3) is 1.62. The molecule has 5 heteroatoms. The standard InChI is InChI=1S/C7H10N2O3/c1-4-6(7(10)11)12-5(9-4)3-8-2/h8H,3H2,1-2H3,(H,10,11). The maximum absolute atomic E-state index is 10.5. The molecule has 0 aromatic carbocycles. The second-order valence-corrected chi connectivity index (χ2v) is 2.36. The number of aromatic nitrogens is 1. The van der Waals surface area contributed by atoms with E-state index < -0.39 is 5.97 Å². The zero-order valence-electron chi connectivity index (χ0n) is 6.92. The van der Waals surface area contributed by atoms with E-state index in [9.17, 15) is 4.79 Å². The highest BCUT2D eigenvalue weighted by Gasteiger charge is 2.14. The van der Waals surface area contributed by atoms with Crippen LogP contribution in [0.25, 0.3) is 0 Å². The first-order valence-corrected chi connectivity index (χ1v) is 3.49. The van der Waals surface area contributed by atoms with Crippen LogP contribution in [0.5, 0.6) is 0 Å². The van der Waals surface area contributed by atoms with Gasteiger partial charge in [0.2, 0.25) is 11.7 Å². The molecule has 0 fully saturated rings. The summed E-state index contributed by atoms with van der Waals surface area (Å²) in [5, 5.41) is 11.4. The number of nitrogens with one attached hydrogen (secondary N) is 1. The molecule has 0 amide bonds. The fourth-order valence-corrected chi connectivity index (χ4v) is 0.878. The molecular formula is C7H10N2O3. The molecule has 12 heavy (non-hydrogen) atoms. The lowest BCUT2D eigenvalue weighted by molar-refractivity contribution is 0.0659. The molecule has 66 valence electrons. The van der Waals surface area contributed by atoms with E-state index in [0.29, 0.717) is 18.1 Å². The van der Waals surface area contributed by atoms with Gasteiger partial charge in [-0.05, 0) is 14.0 Å². The third-order valence-corrected chi connectivity index (χ3v) is 1.36. The summed E-state index contributed by atoms with van der Waals surface area (Å²) in [4.78, 5) is 14.4. The van der Waals surface area contributed by atoms with Crippen molar-refractivity contribution in [2.24, 2.45) is 0 Å². The van der Waals surface area contributed by atoms with Gasteiger partial charge in [-0.25, -0.2) is 9.78 Å². The molecule has 1 heterocycles. The molecule has 0 aliphatic heterocycles. The topological polar surface area (TPSA) is 75.4 Å². The smallest absolute Gasteiger partial charge is 0.373 e. The third-order valence-electron chi connectivity index (χ3n) is 1.36. The van der Waals surface area contributed by atoms with Crippen LogP contribution in [0.2, 0.25) is 0 Å². The normalized spacial score (nSPS) is 10.2. The molecule has 1 aromatic rings. The van der Waals surface area contributed by atoms with Gasteiger partial charge in [-0.1, -0.05) is 0 Å². The van der Waals surface area contributed by atoms with E-state index in [1.165, 1.54) is 0 Å². The lowest BCUT2D eigenvalue weighted by Gasteiger charge is -1.89. The van der Waals surface area contributed by atoms with Crippen molar-refractivity contribution < 1.29 is 14.3 Å². The minimum absolute atomic E-state index is 0.0831. The molecule has 5 nitrogen and oxygen atoms in total. The predicted octanol–water partition coefficient (Wildman–Crippen LogP) is 0.401. The molecule has 0 saturated carbocycles. The van der Waals surface area contributed by atoms with Crippen molar-refractivity contribution in [1.29, 1.82) is 0 Å². The molecule has 0 atom stereocenters. The Balaban J connectivity index is 2.92. The maximum atomic E-state index is 10.5. The van der Waals surface area contributed by atoms with Crippen LogP contribution < -0.4 is 5.32 Å². The lowest BCUT2D eigenvalue weighted by atomic mass is 10.4. The first kappa shape index (κ1) is 8.73. The van der Waals surface area contributed by atoms with Gasteiger partial charge in [0.25, 0.3) is 0 Å². The molecule has 0 spiro atoms. The summed E-state index contributed by atoms with van der Waals surface area (Å²) in [5.41, 5.74) is 0.410. The highest BCUT2D eigenvalue weighted by atomic mass is 16.4. The Kier molecular flexibility index (Phi) is 2.44. The van der Waals surface area contributed by atoms with Crippen LogP contribution >= 0.6 is 0 Å². The SMILES string of the molecule is CNCc1nc(C)c(C(=O)O)o1. The van der Waals surface area contributed by atoms with E-state index in [2.05, 4.69) is 10.3 Å². The van der Waals surface area contributed by atoms with Crippen LogP contribution in [0, 0.1) is 6.92 Å². The van der Waals surface area contributed by atoms with Crippen molar-refractivity contribution in [3.63, 3.8) is 0 Å². The van der Waals surface area contributed by atoms with Gasteiger partial charge in [-0.15, -0.1) is 0 Å². The van der Waals surface area contributed by atoms with E-state index in [0.717, 1.165) is 0 Å². The number of carboxylic acids is 1. The highest BCUT2D eigenvalue weighted by Crippen LogP contribution is 2.09. The molecule has 0 unspecified atom stereocenters. The van der Waals surface area contributed by atoms with Gasteiger partial charge in [-0.3, -0.25) is 0 Å². The van der Waals surface area contributed by atoms with Gasteiger partial charge in [0, 0.05) is 0 Å². The number of oxazole rings is 1. The van der Waals surface area contributed by atoms with E-state index in [1.807, 2.05) is 0 Å². The fourth-order valence-electron chi connectivity index (χ4n) is 0.878. The van der Waals surface area contributed by atoms with Crippen molar-refractivity contribution in [3.8, 4) is 0 Å². The molecule has 2 N–H and O–H groups in total. The molecule has 0 saturated heterocycles. The largest absolute Gasteiger partial charge is 0.475 e. The number of carboxylic acid groups (broad SMARTS) is 1.